The van der Waals surface area contributed by atoms with Gasteiger partial charge in [-0.25, -0.2) is 0 Å². The van der Waals surface area contributed by atoms with Crippen LogP contribution in [0, 0.1) is 5.92 Å². The van der Waals surface area contributed by atoms with Crippen molar-refractivity contribution in [3.05, 3.63) is 52.9 Å². The lowest BCUT2D eigenvalue weighted by Crippen LogP contribution is -2.30. The molecule has 1 aromatic heterocycles. The van der Waals surface area contributed by atoms with E-state index < -0.39 is 6.10 Å². The second-order valence-corrected chi connectivity index (χ2v) is 6.46. The summed E-state index contributed by atoms with van der Waals surface area (Å²) in [6, 6.07) is 9.73. The van der Waals surface area contributed by atoms with Crippen molar-refractivity contribution in [2.45, 2.75) is 32.7 Å². The zero-order valence-electron chi connectivity index (χ0n) is 14.8. The number of nitrogens with zero attached hydrogens (tertiary/aromatic N) is 1. The number of hydrogen-bond acceptors (Lipinski definition) is 6. The Kier molecular flexibility index (Phi) is 6.38. The molecule has 0 saturated carbocycles. The lowest BCUT2D eigenvalue weighted by molar-refractivity contribution is 0.0847. The molecule has 1 aliphatic heterocycles. The largest absolute Gasteiger partial charge is 0.388 e. The second-order valence-electron chi connectivity index (χ2n) is 6.46. The van der Waals surface area contributed by atoms with E-state index >= 15 is 0 Å². The van der Waals surface area contributed by atoms with E-state index in [4.69, 9.17) is 14.0 Å². The van der Waals surface area contributed by atoms with Crippen LogP contribution in [0.2, 0.25) is 0 Å². The maximum atomic E-state index is 12.4. The first-order valence-corrected chi connectivity index (χ1v) is 8.79. The van der Waals surface area contributed by atoms with Crippen LogP contribution in [0.3, 0.4) is 0 Å². The highest BCUT2D eigenvalue weighted by Gasteiger charge is 2.26. The molecule has 0 bridgehead atoms. The molecule has 3 rings (SSSR count). The fraction of sp³-hybridized carbons (Fsp3) is 0.474. The molecule has 2 atom stereocenters. The van der Waals surface area contributed by atoms with Crippen molar-refractivity contribution < 1.29 is 23.9 Å². The van der Waals surface area contributed by atoms with Crippen molar-refractivity contribution in [1.29, 1.82) is 0 Å². The van der Waals surface area contributed by atoms with Gasteiger partial charge in [0.15, 0.2) is 11.5 Å². The van der Waals surface area contributed by atoms with E-state index in [1.165, 1.54) is 0 Å². The number of ether oxygens (including phenoxy) is 2. The Morgan fingerprint density at radius 1 is 1.38 bits per heavy atom. The zero-order valence-corrected chi connectivity index (χ0v) is 14.8. The topological polar surface area (TPSA) is 93.8 Å². The van der Waals surface area contributed by atoms with Crippen LogP contribution in [0.1, 0.15) is 46.8 Å². The zero-order chi connectivity index (χ0) is 18.4. The van der Waals surface area contributed by atoms with Gasteiger partial charge in [-0.3, -0.25) is 4.79 Å². The maximum absolute atomic E-state index is 12.4. The number of amides is 1. The van der Waals surface area contributed by atoms with E-state index in [-0.39, 0.29) is 18.2 Å². The molecule has 2 aromatic rings. The molecule has 2 heterocycles. The molecule has 1 aliphatic rings. The third kappa shape index (κ3) is 4.69. The Labute approximate surface area is 152 Å². The van der Waals surface area contributed by atoms with Crippen LogP contribution in [0.25, 0.3) is 0 Å². The predicted octanol–water partition coefficient (Wildman–Crippen LogP) is 2.21. The summed E-state index contributed by atoms with van der Waals surface area (Å²) in [4.78, 5) is 12.4. The SMILES string of the molecule is CC(O)c1c(C(=O)NCC2CCOC2)noc1COCc1ccccc1. The molecular formula is C19H24N2O5. The summed E-state index contributed by atoms with van der Waals surface area (Å²) in [6.45, 7) is 4.02. The summed E-state index contributed by atoms with van der Waals surface area (Å²) < 4.78 is 16.2. The number of carbonyl (C=O) groups is 1. The first-order valence-electron chi connectivity index (χ1n) is 8.79. The maximum Gasteiger partial charge on any atom is 0.273 e. The molecule has 1 amide bonds. The first-order chi connectivity index (χ1) is 12.6. The molecule has 0 radical (unpaired) electrons. The summed E-state index contributed by atoms with van der Waals surface area (Å²) >= 11 is 0. The molecule has 1 saturated heterocycles. The van der Waals surface area contributed by atoms with E-state index in [1.54, 1.807) is 6.92 Å². The number of benzene rings is 1. The number of aromatic nitrogens is 1. The lowest BCUT2D eigenvalue weighted by Gasteiger charge is -2.10. The third-order valence-corrected chi connectivity index (χ3v) is 4.36. The van der Waals surface area contributed by atoms with Crippen LogP contribution >= 0.6 is 0 Å². The van der Waals surface area contributed by atoms with Gasteiger partial charge >= 0.3 is 0 Å². The smallest absolute Gasteiger partial charge is 0.273 e. The number of aliphatic hydroxyl groups excluding tert-OH is 1. The number of aliphatic hydroxyl groups is 1. The van der Waals surface area contributed by atoms with E-state index in [2.05, 4.69) is 10.5 Å². The minimum Gasteiger partial charge on any atom is -0.388 e. The minimum absolute atomic E-state index is 0.109. The van der Waals surface area contributed by atoms with E-state index in [0.29, 0.717) is 37.0 Å². The standard InChI is InChI=1S/C19H24N2O5/c1-13(22)17-16(12-25-10-14-5-3-2-4-6-14)26-21-18(17)19(23)20-9-15-7-8-24-11-15/h2-6,13,15,22H,7-12H2,1H3,(H,20,23). The third-order valence-electron chi connectivity index (χ3n) is 4.36. The molecule has 7 heteroatoms. The monoisotopic (exact) mass is 360 g/mol. The van der Waals surface area contributed by atoms with Crippen LogP contribution < -0.4 is 5.32 Å². The minimum atomic E-state index is -0.882. The average Bonchev–Trinajstić information content (AvgIpc) is 3.30. The van der Waals surface area contributed by atoms with Crippen molar-refractivity contribution in [2.75, 3.05) is 19.8 Å². The number of rotatable bonds is 8. The first kappa shape index (κ1) is 18.6. The van der Waals surface area contributed by atoms with Gasteiger partial charge in [0.1, 0.15) is 6.61 Å². The van der Waals surface area contributed by atoms with Gasteiger partial charge in [-0.1, -0.05) is 35.5 Å². The van der Waals surface area contributed by atoms with Gasteiger partial charge in [0.25, 0.3) is 5.91 Å². The van der Waals surface area contributed by atoms with Gasteiger partial charge in [-0.2, -0.15) is 0 Å². The van der Waals surface area contributed by atoms with Crippen molar-refractivity contribution >= 4 is 5.91 Å². The van der Waals surface area contributed by atoms with Crippen LogP contribution in [-0.2, 0) is 22.7 Å². The number of hydrogen-bond donors (Lipinski definition) is 2. The summed E-state index contributed by atoms with van der Waals surface area (Å²) in [5, 5.41) is 16.8. The van der Waals surface area contributed by atoms with Gasteiger partial charge in [0.05, 0.1) is 24.9 Å². The van der Waals surface area contributed by atoms with Crippen LogP contribution in [0.15, 0.2) is 34.9 Å². The lowest BCUT2D eigenvalue weighted by atomic mass is 10.1. The Morgan fingerprint density at radius 2 is 2.19 bits per heavy atom. The van der Waals surface area contributed by atoms with Gasteiger partial charge in [0.2, 0.25) is 0 Å². The molecule has 1 fully saturated rings. The molecule has 140 valence electrons. The molecule has 2 unspecified atom stereocenters. The predicted molar refractivity (Wildman–Crippen MR) is 93.3 cm³/mol. The Morgan fingerprint density at radius 3 is 2.88 bits per heavy atom. The fourth-order valence-corrected chi connectivity index (χ4v) is 2.93. The normalized spacial score (nSPS) is 18.0. The van der Waals surface area contributed by atoms with E-state index in [0.717, 1.165) is 18.6 Å². The Balaban J connectivity index is 1.60. The Hall–Kier alpha value is -2.22. The summed E-state index contributed by atoms with van der Waals surface area (Å²) in [5.74, 6) is 0.325. The van der Waals surface area contributed by atoms with Gasteiger partial charge in [-0.05, 0) is 18.9 Å². The quantitative estimate of drug-likeness (QED) is 0.750. The molecular weight excluding hydrogens is 336 g/mol. The molecule has 1 aromatic carbocycles. The fourth-order valence-electron chi connectivity index (χ4n) is 2.93. The Bertz CT molecular complexity index is 708. The molecule has 0 aliphatic carbocycles. The van der Waals surface area contributed by atoms with Crippen LogP contribution in [0.4, 0.5) is 0 Å². The van der Waals surface area contributed by atoms with E-state index in [9.17, 15) is 9.90 Å². The number of carbonyl (C=O) groups excluding carboxylic acids is 1. The summed E-state index contributed by atoms with van der Waals surface area (Å²) in [5.41, 5.74) is 1.51. The molecule has 2 N–H and O–H groups in total. The van der Waals surface area contributed by atoms with Gasteiger partial charge in [0, 0.05) is 19.1 Å². The number of nitrogens with one attached hydrogen (secondary N) is 1. The van der Waals surface area contributed by atoms with Crippen LogP contribution in [0.5, 0.6) is 0 Å². The van der Waals surface area contributed by atoms with Crippen LogP contribution in [-0.4, -0.2) is 35.9 Å². The highest BCUT2D eigenvalue weighted by Crippen LogP contribution is 2.23. The van der Waals surface area contributed by atoms with Gasteiger partial charge in [-0.15, -0.1) is 0 Å². The highest BCUT2D eigenvalue weighted by atomic mass is 16.5. The van der Waals surface area contributed by atoms with Crippen molar-refractivity contribution in [2.24, 2.45) is 5.92 Å². The average molecular weight is 360 g/mol. The van der Waals surface area contributed by atoms with Crippen molar-refractivity contribution in [3.8, 4) is 0 Å². The molecule has 7 nitrogen and oxygen atoms in total. The van der Waals surface area contributed by atoms with E-state index in [1.807, 2.05) is 30.3 Å². The molecule has 0 spiro atoms. The summed E-state index contributed by atoms with van der Waals surface area (Å²) in [6.07, 6.45) is 0.0492. The summed E-state index contributed by atoms with van der Waals surface area (Å²) in [7, 11) is 0. The molecule has 26 heavy (non-hydrogen) atoms. The van der Waals surface area contributed by atoms with Gasteiger partial charge < -0.3 is 24.4 Å². The van der Waals surface area contributed by atoms with Crippen molar-refractivity contribution in [3.63, 3.8) is 0 Å². The van der Waals surface area contributed by atoms with Crippen molar-refractivity contribution in [1.82, 2.24) is 10.5 Å². The highest BCUT2D eigenvalue weighted by molar-refractivity contribution is 5.93. The second kappa shape index (κ2) is 8.93.